The molecule has 1 aromatic heterocycles. The standard InChI is InChI=1S/C12H19F3N2O/c1-9-10(6-11(18-9)7-16-2)8-17(3)5-4-12(13,14)15/h6,16H,4-5,7-8H2,1-3H3. The van der Waals surface area contributed by atoms with Crippen LogP contribution in [-0.4, -0.2) is 31.7 Å². The Morgan fingerprint density at radius 2 is 2.06 bits per heavy atom. The van der Waals surface area contributed by atoms with Crippen LogP contribution < -0.4 is 5.32 Å². The van der Waals surface area contributed by atoms with Gasteiger partial charge in [0, 0.05) is 18.7 Å². The van der Waals surface area contributed by atoms with E-state index in [0.29, 0.717) is 13.1 Å². The molecule has 104 valence electrons. The second-order valence-electron chi connectivity index (χ2n) is 4.43. The van der Waals surface area contributed by atoms with Crippen LogP contribution in [0.1, 0.15) is 23.5 Å². The number of aryl methyl sites for hydroxylation is 1. The number of alkyl halides is 3. The third kappa shape index (κ3) is 5.10. The lowest BCUT2D eigenvalue weighted by atomic mass is 10.2. The number of halogens is 3. The minimum Gasteiger partial charge on any atom is -0.465 e. The molecule has 1 N–H and O–H groups in total. The fourth-order valence-corrected chi connectivity index (χ4v) is 1.69. The van der Waals surface area contributed by atoms with Gasteiger partial charge in [-0.15, -0.1) is 0 Å². The zero-order valence-corrected chi connectivity index (χ0v) is 10.9. The Morgan fingerprint density at radius 1 is 1.39 bits per heavy atom. The molecule has 1 rings (SSSR count). The molecular formula is C12H19F3N2O. The first-order valence-corrected chi connectivity index (χ1v) is 5.80. The molecule has 0 unspecified atom stereocenters. The van der Waals surface area contributed by atoms with E-state index in [1.807, 2.05) is 20.0 Å². The number of furan rings is 1. The van der Waals surface area contributed by atoms with Crippen molar-refractivity contribution in [1.29, 1.82) is 0 Å². The van der Waals surface area contributed by atoms with Crippen LogP contribution in [-0.2, 0) is 13.1 Å². The van der Waals surface area contributed by atoms with Crippen LogP contribution in [0.25, 0.3) is 0 Å². The highest BCUT2D eigenvalue weighted by Gasteiger charge is 2.27. The first-order chi connectivity index (χ1) is 8.31. The van der Waals surface area contributed by atoms with Gasteiger partial charge in [0.1, 0.15) is 11.5 Å². The largest absolute Gasteiger partial charge is 0.465 e. The lowest BCUT2D eigenvalue weighted by Gasteiger charge is -2.17. The van der Waals surface area contributed by atoms with Crippen LogP contribution in [0.2, 0.25) is 0 Å². The van der Waals surface area contributed by atoms with Crippen molar-refractivity contribution in [3.05, 3.63) is 23.2 Å². The van der Waals surface area contributed by atoms with E-state index in [0.717, 1.165) is 17.1 Å². The Balaban J connectivity index is 2.51. The fourth-order valence-electron chi connectivity index (χ4n) is 1.69. The molecule has 0 bridgehead atoms. The van der Waals surface area contributed by atoms with Gasteiger partial charge in [-0.1, -0.05) is 0 Å². The molecule has 0 aliphatic heterocycles. The van der Waals surface area contributed by atoms with Gasteiger partial charge >= 0.3 is 6.18 Å². The third-order valence-electron chi connectivity index (χ3n) is 2.64. The minimum atomic E-state index is -4.10. The summed E-state index contributed by atoms with van der Waals surface area (Å²) in [6, 6.07) is 1.88. The fraction of sp³-hybridized carbons (Fsp3) is 0.667. The highest BCUT2D eigenvalue weighted by molar-refractivity contribution is 5.20. The summed E-state index contributed by atoms with van der Waals surface area (Å²) in [5.74, 6) is 1.56. The quantitative estimate of drug-likeness (QED) is 0.856. The van der Waals surface area contributed by atoms with Gasteiger partial charge in [-0.3, -0.25) is 0 Å². The molecule has 1 heterocycles. The van der Waals surface area contributed by atoms with Crippen molar-refractivity contribution in [2.75, 3.05) is 20.6 Å². The monoisotopic (exact) mass is 264 g/mol. The van der Waals surface area contributed by atoms with Gasteiger partial charge in [0.15, 0.2) is 0 Å². The molecule has 0 radical (unpaired) electrons. The van der Waals surface area contributed by atoms with E-state index in [-0.39, 0.29) is 6.54 Å². The molecule has 18 heavy (non-hydrogen) atoms. The van der Waals surface area contributed by atoms with E-state index in [4.69, 9.17) is 4.42 Å². The molecule has 0 saturated heterocycles. The topological polar surface area (TPSA) is 28.4 Å². The van der Waals surface area contributed by atoms with Gasteiger partial charge in [0.25, 0.3) is 0 Å². The van der Waals surface area contributed by atoms with E-state index >= 15 is 0 Å². The molecule has 0 fully saturated rings. The van der Waals surface area contributed by atoms with Crippen LogP contribution in [0.4, 0.5) is 13.2 Å². The zero-order valence-electron chi connectivity index (χ0n) is 10.9. The molecule has 0 aliphatic carbocycles. The number of nitrogens with one attached hydrogen (secondary N) is 1. The summed E-state index contributed by atoms with van der Waals surface area (Å²) in [4.78, 5) is 1.65. The van der Waals surface area contributed by atoms with Gasteiger partial charge in [-0.2, -0.15) is 13.2 Å². The summed E-state index contributed by atoms with van der Waals surface area (Å²) in [7, 11) is 3.49. The Kier molecular flexibility index (Phi) is 5.22. The van der Waals surface area contributed by atoms with Crippen molar-refractivity contribution in [3.8, 4) is 0 Å². The molecule has 1 aromatic rings. The average Bonchev–Trinajstić information content (AvgIpc) is 2.56. The zero-order chi connectivity index (χ0) is 13.8. The number of hydrogen-bond donors (Lipinski definition) is 1. The van der Waals surface area contributed by atoms with Crippen LogP contribution >= 0.6 is 0 Å². The van der Waals surface area contributed by atoms with Crippen LogP contribution in [0, 0.1) is 6.92 Å². The first-order valence-electron chi connectivity index (χ1n) is 5.80. The predicted octanol–water partition coefficient (Wildman–Crippen LogP) is 2.69. The summed E-state index contributed by atoms with van der Waals surface area (Å²) < 4.78 is 41.7. The smallest absolute Gasteiger partial charge is 0.390 e. The van der Waals surface area contributed by atoms with Gasteiger partial charge in [0.2, 0.25) is 0 Å². The van der Waals surface area contributed by atoms with Gasteiger partial charge in [0.05, 0.1) is 13.0 Å². The Morgan fingerprint density at radius 3 is 2.61 bits per heavy atom. The number of rotatable bonds is 6. The molecule has 0 atom stereocenters. The molecule has 6 heteroatoms. The van der Waals surface area contributed by atoms with Gasteiger partial charge in [-0.05, 0) is 27.1 Å². The maximum absolute atomic E-state index is 12.1. The van der Waals surface area contributed by atoms with Crippen LogP contribution in [0.5, 0.6) is 0 Å². The maximum atomic E-state index is 12.1. The lowest BCUT2D eigenvalue weighted by molar-refractivity contribution is -0.137. The van der Waals surface area contributed by atoms with E-state index in [1.165, 1.54) is 0 Å². The Bertz CT molecular complexity index is 374. The lowest BCUT2D eigenvalue weighted by Crippen LogP contribution is -2.24. The Labute approximate surface area is 105 Å². The third-order valence-corrected chi connectivity index (χ3v) is 2.64. The van der Waals surface area contributed by atoms with Crippen molar-refractivity contribution in [3.63, 3.8) is 0 Å². The van der Waals surface area contributed by atoms with E-state index in [2.05, 4.69) is 5.32 Å². The molecule has 0 amide bonds. The van der Waals surface area contributed by atoms with Gasteiger partial charge < -0.3 is 14.6 Å². The summed E-state index contributed by atoms with van der Waals surface area (Å²) in [5, 5.41) is 2.97. The summed E-state index contributed by atoms with van der Waals surface area (Å²) in [6.45, 7) is 2.91. The van der Waals surface area contributed by atoms with Crippen molar-refractivity contribution in [1.82, 2.24) is 10.2 Å². The van der Waals surface area contributed by atoms with Gasteiger partial charge in [-0.25, -0.2) is 0 Å². The summed E-state index contributed by atoms with van der Waals surface area (Å²) in [5.41, 5.74) is 0.935. The average molecular weight is 264 g/mol. The second-order valence-corrected chi connectivity index (χ2v) is 4.43. The van der Waals surface area contributed by atoms with Crippen molar-refractivity contribution >= 4 is 0 Å². The van der Waals surface area contributed by atoms with E-state index in [9.17, 15) is 13.2 Å². The number of hydrogen-bond acceptors (Lipinski definition) is 3. The van der Waals surface area contributed by atoms with Crippen molar-refractivity contribution in [2.45, 2.75) is 32.6 Å². The van der Waals surface area contributed by atoms with Crippen molar-refractivity contribution in [2.24, 2.45) is 0 Å². The second kappa shape index (κ2) is 6.24. The van der Waals surface area contributed by atoms with E-state index < -0.39 is 12.6 Å². The number of nitrogens with zero attached hydrogens (tertiary/aromatic N) is 1. The first kappa shape index (κ1) is 15.0. The molecular weight excluding hydrogens is 245 g/mol. The molecule has 0 aliphatic rings. The molecule has 0 spiro atoms. The molecule has 0 aromatic carbocycles. The normalized spacial score (nSPS) is 12.4. The van der Waals surface area contributed by atoms with Crippen LogP contribution in [0.15, 0.2) is 10.5 Å². The maximum Gasteiger partial charge on any atom is 0.390 e. The highest BCUT2D eigenvalue weighted by Crippen LogP contribution is 2.21. The SMILES string of the molecule is CNCc1cc(CN(C)CCC(F)(F)F)c(C)o1. The summed E-state index contributed by atoms with van der Waals surface area (Å²) in [6.07, 6.45) is -4.89. The Hall–Kier alpha value is -1.01. The predicted molar refractivity (Wildman–Crippen MR) is 63.2 cm³/mol. The van der Waals surface area contributed by atoms with Crippen molar-refractivity contribution < 1.29 is 17.6 Å². The highest BCUT2D eigenvalue weighted by atomic mass is 19.4. The van der Waals surface area contributed by atoms with Crippen LogP contribution in [0.3, 0.4) is 0 Å². The summed E-state index contributed by atoms with van der Waals surface area (Å²) >= 11 is 0. The molecule has 3 nitrogen and oxygen atoms in total. The minimum absolute atomic E-state index is 0.00448. The molecule has 0 saturated carbocycles. The van der Waals surface area contributed by atoms with E-state index in [1.54, 1.807) is 11.9 Å².